The Morgan fingerprint density at radius 2 is 1.57 bits per heavy atom. The van der Waals surface area contributed by atoms with E-state index in [9.17, 15) is 33.6 Å². The number of amides is 8. The van der Waals surface area contributed by atoms with Crippen molar-refractivity contribution >= 4 is 81.2 Å². The number of hydrogen-bond acceptors (Lipinski definition) is 13. The molecule has 3 N–H and O–H groups in total. The number of aromatic nitrogens is 3. The number of benzene rings is 3. The second kappa shape index (κ2) is 22.9. The molecule has 20 nitrogen and oxygen atoms in total. The lowest BCUT2D eigenvalue weighted by Gasteiger charge is -2.48. The minimum absolute atomic E-state index is 0.0000790. The molecule has 3 aromatic carbocycles. The fraction of sp³-hybridized carbons (Fsp3) is 0.515. The summed E-state index contributed by atoms with van der Waals surface area (Å²) in [6.45, 7) is 14.4. The van der Waals surface area contributed by atoms with Crippen LogP contribution in [0, 0.1) is 24.6 Å². The molecule has 1 saturated carbocycles. The third-order valence-electron chi connectivity index (χ3n) is 20.0. The molecule has 2 aromatic heterocycles. The predicted octanol–water partition coefficient (Wildman–Crippen LogP) is 7.79. The van der Waals surface area contributed by atoms with Gasteiger partial charge in [-0.1, -0.05) is 24.6 Å². The molecule has 2 unspecified atom stereocenters. The quantitative estimate of drug-likeness (QED) is 0.0960. The second-order valence-electron chi connectivity index (χ2n) is 26.2. The lowest BCUT2D eigenvalue weighted by molar-refractivity contribution is -0.139. The van der Waals surface area contributed by atoms with Gasteiger partial charge in [0.15, 0.2) is 5.82 Å². The van der Waals surface area contributed by atoms with Gasteiger partial charge in [-0.25, -0.2) is 14.4 Å². The normalized spacial score (nSPS) is 23.9. The molecular formula is C66H77FN12O8. The molecule has 1 aliphatic carbocycles. The highest BCUT2D eigenvalue weighted by Crippen LogP contribution is 2.53. The summed E-state index contributed by atoms with van der Waals surface area (Å²) >= 11 is 0. The first kappa shape index (κ1) is 58.0. The number of pyridine rings is 1. The Labute approximate surface area is 505 Å². The number of imidazole rings is 1. The number of imide groups is 2. The van der Waals surface area contributed by atoms with Crippen molar-refractivity contribution in [3.63, 3.8) is 0 Å². The van der Waals surface area contributed by atoms with E-state index >= 15 is 9.18 Å². The highest BCUT2D eigenvalue weighted by atomic mass is 19.1. The lowest BCUT2D eigenvalue weighted by atomic mass is 9.73. The summed E-state index contributed by atoms with van der Waals surface area (Å²) in [6, 6.07) is 15.3. The van der Waals surface area contributed by atoms with Gasteiger partial charge in [-0.2, -0.15) is 0 Å². The monoisotopic (exact) mass is 1180 g/mol. The highest BCUT2D eigenvalue weighted by molar-refractivity contribution is 6.25. The zero-order valence-corrected chi connectivity index (χ0v) is 50.3. The molecule has 5 aromatic rings. The Balaban J connectivity index is 0.706. The van der Waals surface area contributed by atoms with Crippen LogP contribution in [-0.2, 0) is 29.4 Å². The first-order valence-electron chi connectivity index (χ1n) is 31.5. The molecule has 8 amide bonds. The van der Waals surface area contributed by atoms with E-state index in [0.29, 0.717) is 104 Å². The Kier molecular flexibility index (Phi) is 15.3. The number of likely N-dealkylation sites (tertiary alicyclic amines) is 3. The second-order valence-corrected chi connectivity index (χ2v) is 26.2. The van der Waals surface area contributed by atoms with Gasteiger partial charge in [-0.3, -0.25) is 48.6 Å². The van der Waals surface area contributed by atoms with E-state index in [-0.39, 0.29) is 89.7 Å². The zero-order chi connectivity index (χ0) is 60.7. The number of nitrogens with one attached hydrogen (secondary N) is 3. The molecule has 6 fully saturated rings. The lowest BCUT2D eigenvalue weighted by Crippen LogP contribution is -2.58. The van der Waals surface area contributed by atoms with Crippen molar-refractivity contribution in [1.29, 1.82) is 0 Å². The predicted molar refractivity (Wildman–Crippen MR) is 325 cm³/mol. The van der Waals surface area contributed by atoms with Crippen LogP contribution in [0.5, 0.6) is 0 Å². The third-order valence-corrected chi connectivity index (χ3v) is 20.0. The number of rotatable bonds is 13. The average molecular weight is 1190 g/mol. The van der Waals surface area contributed by atoms with E-state index in [4.69, 9.17) is 9.97 Å². The van der Waals surface area contributed by atoms with Crippen LogP contribution >= 0.6 is 0 Å². The number of aryl methyl sites for hydroxylation is 1. The standard InChI is InChI=1S/C66H77FN12O8/c1-37(2)69-60(82)46-32-50(48(67)27-39(46)5)71-59-58-51(68-36-77(58)38(3)4)33-49(70-59)41-14-15-47-54(29-41)78(44-30-43(31-44)73-21-7-6-8-22-73)65(87)66(47)19-25-74(26-20-66)62(84)42-18-24-76(35-42)56(81)28-40-11-10-23-75(34-40)52-13-9-12-45-57(52)64(86)79(63(45)85)53-16-17-55(80)72-61(53)83/h9,12-15,27,29,32-33,36-38,40,42-44,53H,6-8,10-11,16-26,28,30-31,34-35H2,1-5H3,(H,69,82)(H,70,71)(H,72,80,83)/t40-,42?,43?,44?,53?/m0/s1. The van der Waals surface area contributed by atoms with Gasteiger partial charge in [0.25, 0.3) is 17.7 Å². The van der Waals surface area contributed by atoms with Gasteiger partial charge >= 0.3 is 0 Å². The fourth-order valence-corrected chi connectivity index (χ4v) is 15.3. The highest BCUT2D eigenvalue weighted by Gasteiger charge is 2.56. The van der Waals surface area contributed by atoms with Crippen molar-refractivity contribution in [3.8, 4) is 11.3 Å². The minimum atomic E-state index is -1.07. The Morgan fingerprint density at radius 3 is 2.32 bits per heavy atom. The van der Waals surface area contributed by atoms with E-state index in [1.807, 2.05) is 54.2 Å². The van der Waals surface area contributed by atoms with E-state index in [1.54, 1.807) is 31.5 Å². The fourth-order valence-electron chi connectivity index (χ4n) is 15.3. The van der Waals surface area contributed by atoms with Crippen molar-refractivity contribution in [2.75, 3.05) is 67.5 Å². The molecule has 0 radical (unpaired) electrons. The Bertz CT molecular complexity index is 3670. The average Bonchev–Trinajstić information content (AvgIpc) is 1.60. The summed E-state index contributed by atoms with van der Waals surface area (Å²) in [4.78, 5) is 131. The van der Waals surface area contributed by atoms with E-state index in [1.165, 1.54) is 31.4 Å². The molecule has 1 spiro atoms. The van der Waals surface area contributed by atoms with Gasteiger partial charge in [0.1, 0.15) is 17.4 Å². The first-order chi connectivity index (χ1) is 41.8. The maximum absolute atomic E-state index is 16.0. The molecule has 3 atom stereocenters. The van der Waals surface area contributed by atoms with Crippen LogP contribution in [-0.4, -0.2) is 158 Å². The van der Waals surface area contributed by atoms with Crippen molar-refractivity contribution in [3.05, 3.63) is 94.6 Å². The molecule has 8 aliphatic rings. The number of anilines is 4. The third kappa shape index (κ3) is 10.4. The van der Waals surface area contributed by atoms with Crippen molar-refractivity contribution < 1.29 is 42.7 Å². The summed E-state index contributed by atoms with van der Waals surface area (Å²) in [5.41, 5.74) is 5.64. The Morgan fingerprint density at radius 1 is 0.793 bits per heavy atom. The first-order valence-corrected chi connectivity index (χ1v) is 31.5. The summed E-state index contributed by atoms with van der Waals surface area (Å²) < 4.78 is 18.0. The maximum Gasteiger partial charge on any atom is 0.264 e. The zero-order valence-electron chi connectivity index (χ0n) is 50.3. The topological polar surface area (TPSA) is 223 Å². The van der Waals surface area contributed by atoms with Gasteiger partial charge in [-0.15, -0.1) is 0 Å². The van der Waals surface area contributed by atoms with Crippen molar-refractivity contribution in [2.45, 2.75) is 154 Å². The molecule has 7 aliphatic heterocycles. The molecule has 456 valence electrons. The molecule has 87 heavy (non-hydrogen) atoms. The van der Waals surface area contributed by atoms with Crippen LogP contribution in [0.25, 0.3) is 22.3 Å². The number of carbonyl (C=O) groups excluding carboxylic acids is 8. The largest absolute Gasteiger partial charge is 0.371 e. The molecule has 5 saturated heterocycles. The van der Waals surface area contributed by atoms with Crippen LogP contribution < -0.4 is 25.8 Å². The van der Waals surface area contributed by atoms with Gasteiger partial charge in [-0.05, 0) is 165 Å². The van der Waals surface area contributed by atoms with E-state index in [2.05, 4.69) is 42.8 Å². The summed E-state index contributed by atoms with van der Waals surface area (Å²) in [7, 11) is 0. The summed E-state index contributed by atoms with van der Waals surface area (Å²) in [6.07, 6.45) is 10.5. The number of hydrogen-bond donors (Lipinski definition) is 3. The molecular weight excluding hydrogens is 1110 g/mol. The molecule has 21 heteroatoms. The SMILES string of the molecule is Cc1cc(F)c(Nc2nc(-c3ccc4c(c3)N(C3CC(N5CCCCC5)C3)C(=O)C43CCN(C(=O)C4CCN(C(=O)C[C@@H]5CCCN(c6cccc7c6C(=O)N(C6CCC(=O)NC6=O)C7=O)C5)C4)CC3)cc3ncn(C(C)C)c23)cc1C(=O)NC(C)C. The number of carbonyl (C=O) groups is 8. The van der Waals surface area contributed by atoms with Gasteiger partial charge < -0.3 is 39.7 Å². The van der Waals surface area contributed by atoms with Crippen LogP contribution in [0.1, 0.15) is 159 Å². The van der Waals surface area contributed by atoms with Crippen LogP contribution in [0.15, 0.2) is 60.9 Å². The van der Waals surface area contributed by atoms with E-state index in [0.717, 1.165) is 60.5 Å². The van der Waals surface area contributed by atoms with Gasteiger partial charge in [0, 0.05) is 93.1 Å². The van der Waals surface area contributed by atoms with Crippen molar-refractivity contribution in [2.24, 2.45) is 11.8 Å². The number of piperidine rings is 4. The number of halogens is 1. The Hall–Kier alpha value is -8.07. The summed E-state index contributed by atoms with van der Waals surface area (Å²) in [5.74, 6) is -3.04. The van der Waals surface area contributed by atoms with E-state index < -0.39 is 40.9 Å². The van der Waals surface area contributed by atoms with Crippen molar-refractivity contribution in [1.82, 2.24) is 44.8 Å². The maximum atomic E-state index is 16.0. The summed E-state index contributed by atoms with van der Waals surface area (Å²) in [5, 5.41) is 8.45. The van der Waals surface area contributed by atoms with Crippen LogP contribution in [0.3, 0.4) is 0 Å². The van der Waals surface area contributed by atoms with Gasteiger partial charge in [0.2, 0.25) is 29.5 Å². The molecule has 0 bridgehead atoms. The minimum Gasteiger partial charge on any atom is -0.371 e. The molecule has 9 heterocycles. The van der Waals surface area contributed by atoms with Crippen LogP contribution in [0.4, 0.5) is 27.3 Å². The number of fused-ring (bicyclic) bond motifs is 4. The molecule has 13 rings (SSSR count). The number of nitrogens with zero attached hydrogens (tertiary/aromatic N) is 9. The van der Waals surface area contributed by atoms with Crippen LogP contribution in [0.2, 0.25) is 0 Å². The smallest absolute Gasteiger partial charge is 0.264 e. The van der Waals surface area contributed by atoms with Gasteiger partial charge in [0.05, 0.1) is 51.4 Å².